The van der Waals surface area contributed by atoms with Gasteiger partial charge in [0.05, 0.1) is 11.9 Å². The lowest BCUT2D eigenvalue weighted by atomic mass is 10.1. The third kappa shape index (κ3) is 3.70. The van der Waals surface area contributed by atoms with Crippen molar-refractivity contribution in [3.05, 3.63) is 87.7 Å². The smallest absolute Gasteiger partial charge is 0.271 e. The molecule has 138 valence electrons. The van der Waals surface area contributed by atoms with Crippen LogP contribution in [0.15, 0.2) is 53.6 Å². The van der Waals surface area contributed by atoms with Gasteiger partial charge in [0.1, 0.15) is 0 Å². The minimum absolute atomic E-state index is 0.201. The van der Waals surface area contributed by atoms with Crippen molar-refractivity contribution in [2.75, 3.05) is 0 Å². The summed E-state index contributed by atoms with van der Waals surface area (Å²) in [5.74, 6) is -0.201. The molecule has 0 aliphatic heterocycles. The molecule has 1 amide bonds. The van der Waals surface area contributed by atoms with E-state index in [0.717, 1.165) is 22.5 Å². The topological polar surface area (TPSA) is 46.4 Å². The van der Waals surface area contributed by atoms with Gasteiger partial charge in [0.15, 0.2) is 0 Å². The summed E-state index contributed by atoms with van der Waals surface area (Å²) in [6, 6.07) is 15.9. The Kier molecular flexibility index (Phi) is 5.26. The lowest BCUT2D eigenvalue weighted by Crippen LogP contribution is -2.18. The molecule has 0 bridgehead atoms. The van der Waals surface area contributed by atoms with Crippen molar-refractivity contribution < 1.29 is 4.79 Å². The van der Waals surface area contributed by atoms with E-state index in [0.29, 0.717) is 5.56 Å². The molecule has 0 saturated carbocycles. The number of benzene rings is 2. The summed E-state index contributed by atoms with van der Waals surface area (Å²) in [5.41, 5.74) is 11.1. The van der Waals surface area contributed by atoms with Crippen molar-refractivity contribution in [2.45, 2.75) is 34.6 Å². The monoisotopic (exact) mass is 359 g/mol. The van der Waals surface area contributed by atoms with Gasteiger partial charge in [0.2, 0.25) is 0 Å². The Balaban J connectivity index is 1.86. The van der Waals surface area contributed by atoms with Crippen molar-refractivity contribution in [3.63, 3.8) is 0 Å². The number of hydrogen-bond acceptors (Lipinski definition) is 2. The summed E-state index contributed by atoms with van der Waals surface area (Å²) < 4.78 is 2.25. The van der Waals surface area contributed by atoms with Gasteiger partial charge in [-0.1, -0.05) is 36.4 Å². The molecule has 0 radical (unpaired) electrons. The molecule has 0 aliphatic carbocycles. The fourth-order valence-corrected chi connectivity index (χ4v) is 3.47. The molecule has 4 heteroatoms. The molecule has 1 N–H and O–H groups in total. The second-order valence-electron chi connectivity index (χ2n) is 6.92. The minimum Gasteiger partial charge on any atom is -0.317 e. The van der Waals surface area contributed by atoms with E-state index in [1.807, 2.05) is 25.1 Å². The predicted octanol–water partition coefficient (Wildman–Crippen LogP) is 4.78. The SMILES string of the molecule is Cc1ccccc1C(=O)N/N=C\c1cc(C)n(-c2c(C)cccc2C)c1C. The zero-order chi connectivity index (χ0) is 19.6. The molecule has 0 saturated heterocycles. The number of para-hydroxylation sites is 1. The second-order valence-corrected chi connectivity index (χ2v) is 6.92. The van der Waals surface area contributed by atoms with Crippen molar-refractivity contribution in [3.8, 4) is 5.69 Å². The third-order valence-electron chi connectivity index (χ3n) is 4.89. The van der Waals surface area contributed by atoms with E-state index in [2.05, 4.69) is 67.1 Å². The summed E-state index contributed by atoms with van der Waals surface area (Å²) in [6.07, 6.45) is 1.71. The van der Waals surface area contributed by atoms with E-state index < -0.39 is 0 Å². The Morgan fingerprint density at radius 2 is 1.56 bits per heavy atom. The largest absolute Gasteiger partial charge is 0.317 e. The van der Waals surface area contributed by atoms with Gasteiger partial charge in [0, 0.05) is 22.5 Å². The van der Waals surface area contributed by atoms with Crippen LogP contribution in [0, 0.1) is 34.6 Å². The molecule has 0 aliphatic rings. The maximum Gasteiger partial charge on any atom is 0.271 e. The number of amides is 1. The lowest BCUT2D eigenvalue weighted by molar-refractivity contribution is 0.0954. The molecule has 4 nitrogen and oxygen atoms in total. The van der Waals surface area contributed by atoms with E-state index in [4.69, 9.17) is 0 Å². The number of nitrogens with one attached hydrogen (secondary N) is 1. The van der Waals surface area contributed by atoms with E-state index in [1.54, 1.807) is 12.3 Å². The van der Waals surface area contributed by atoms with Gasteiger partial charge < -0.3 is 4.57 Å². The Labute approximate surface area is 160 Å². The van der Waals surface area contributed by atoms with Crippen LogP contribution < -0.4 is 5.43 Å². The van der Waals surface area contributed by atoms with Crippen LogP contribution in [0.3, 0.4) is 0 Å². The van der Waals surface area contributed by atoms with Crippen LogP contribution in [-0.4, -0.2) is 16.7 Å². The van der Waals surface area contributed by atoms with Crippen molar-refractivity contribution in [1.29, 1.82) is 0 Å². The first-order valence-electron chi connectivity index (χ1n) is 9.04. The first-order chi connectivity index (χ1) is 12.9. The second kappa shape index (κ2) is 7.62. The number of nitrogens with zero attached hydrogens (tertiary/aromatic N) is 2. The number of aryl methyl sites for hydroxylation is 4. The van der Waals surface area contributed by atoms with Gasteiger partial charge in [-0.3, -0.25) is 4.79 Å². The molecule has 2 aromatic carbocycles. The highest BCUT2D eigenvalue weighted by atomic mass is 16.2. The Hall–Kier alpha value is -3.14. The normalized spacial score (nSPS) is 11.1. The number of hydrazone groups is 1. The maximum absolute atomic E-state index is 12.3. The standard InChI is InChI=1S/C23H25N3O/c1-15-9-6-7-12-21(15)23(27)25-24-14-20-13-18(4)26(19(20)5)22-16(2)10-8-11-17(22)3/h6-14H,1-5H3,(H,25,27)/b24-14-. The highest BCUT2D eigenvalue weighted by Gasteiger charge is 2.13. The van der Waals surface area contributed by atoms with Gasteiger partial charge in [-0.25, -0.2) is 5.43 Å². The van der Waals surface area contributed by atoms with Gasteiger partial charge in [-0.2, -0.15) is 5.10 Å². The fourth-order valence-electron chi connectivity index (χ4n) is 3.47. The van der Waals surface area contributed by atoms with Crippen LogP contribution in [0.4, 0.5) is 0 Å². The Morgan fingerprint density at radius 3 is 2.22 bits per heavy atom. The van der Waals surface area contributed by atoms with Gasteiger partial charge >= 0.3 is 0 Å². The number of carbonyl (C=O) groups is 1. The highest BCUT2D eigenvalue weighted by Crippen LogP contribution is 2.25. The Morgan fingerprint density at radius 1 is 0.926 bits per heavy atom. The van der Waals surface area contributed by atoms with Crippen LogP contribution in [0.1, 0.15) is 44.0 Å². The lowest BCUT2D eigenvalue weighted by Gasteiger charge is -2.15. The summed E-state index contributed by atoms with van der Waals surface area (Å²) in [5, 5.41) is 4.17. The number of aromatic nitrogens is 1. The van der Waals surface area contributed by atoms with Crippen LogP contribution in [0.5, 0.6) is 0 Å². The third-order valence-corrected chi connectivity index (χ3v) is 4.89. The van der Waals surface area contributed by atoms with Crippen LogP contribution >= 0.6 is 0 Å². The summed E-state index contributed by atoms with van der Waals surface area (Å²) in [4.78, 5) is 12.3. The zero-order valence-corrected chi connectivity index (χ0v) is 16.5. The maximum atomic E-state index is 12.3. The van der Waals surface area contributed by atoms with Crippen LogP contribution in [0.25, 0.3) is 5.69 Å². The summed E-state index contributed by atoms with van der Waals surface area (Å²) in [6.45, 7) is 10.3. The average Bonchev–Trinajstić information content (AvgIpc) is 2.90. The van der Waals surface area contributed by atoms with E-state index >= 15 is 0 Å². The number of carbonyl (C=O) groups excluding carboxylic acids is 1. The van der Waals surface area contributed by atoms with Gasteiger partial charge in [-0.05, 0) is 63.4 Å². The van der Waals surface area contributed by atoms with E-state index in [-0.39, 0.29) is 5.91 Å². The number of rotatable bonds is 4. The summed E-state index contributed by atoms with van der Waals surface area (Å²) >= 11 is 0. The summed E-state index contributed by atoms with van der Waals surface area (Å²) in [7, 11) is 0. The molecule has 0 fully saturated rings. The highest BCUT2D eigenvalue weighted by molar-refractivity contribution is 5.96. The molecule has 1 heterocycles. The van der Waals surface area contributed by atoms with E-state index in [9.17, 15) is 4.79 Å². The van der Waals surface area contributed by atoms with Crippen molar-refractivity contribution >= 4 is 12.1 Å². The quantitative estimate of drug-likeness (QED) is 0.529. The molecule has 27 heavy (non-hydrogen) atoms. The molecule has 0 unspecified atom stereocenters. The minimum atomic E-state index is -0.201. The van der Waals surface area contributed by atoms with Gasteiger partial charge in [0.25, 0.3) is 5.91 Å². The van der Waals surface area contributed by atoms with Crippen LogP contribution in [-0.2, 0) is 0 Å². The van der Waals surface area contributed by atoms with E-state index in [1.165, 1.54) is 16.8 Å². The molecule has 0 atom stereocenters. The molecular weight excluding hydrogens is 334 g/mol. The first kappa shape index (κ1) is 18.6. The number of hydrogen-bond donors (Lipinski definition) is 1. The molecule has 3 rings (SSSR count). The molecule has 0 spiro atoms. The van der Waals surface area contributed by atoms with Crippen molar-refractivity contribution in [2.24, 2.45) is 5.10 Å². The zero-order valence-electron chi connectivity index (χ0n) is 16.5. The average molecular weight is 359 g/mol. The Bertz CT molecular complexity index is 1010. The van der Waals surface area contributed by atoms with Gasteiger partial charge in [-0.15, -0.1) is 0 Å². The van der Waals surface area contributed by atoms with Crippen molar-refractivity contribution in [1.82, 2.24) is 9.99 Å². The fraction of sp³-hybridized carbons (Fsp3) is 0.217. The molecule has 3 aromatic rings. The van der Waals surface area contributed by atoms with Crippen LogP contribution in [0.2, 0.25) is 0 Å². The predicted molar refractivity (Wildman–Crippen MR) is 111 cm³/mol. The molecular formula is C23H25N3O. The first-order valence-corrected chi connectivity index (χ1v) is 9.04. The molecule has 1 aromatic heterocycles.